The largest absolute Gasteiger partial charge is 0.438 e. The Labute approximate surface area is 202 Å². The predicted octanol–water partition coefficient (Wildman–Crippen LogP) is 5.32. The monoisotopic (exact) mass is 458 g/mol. The summed E-state index contributed by atoms with van der Waals surface area (Å²) in [5.41, 5.74) is 5.94. The zero-order valence-corrected chi connectivity index (χ0v) is 21.4. The molecule has 2 heterocycles. The van der Waals surface area contributed by atoms with E-state index in [-0.39, 0.29) is 17.5 Å². The highest BCUT2D eigenvalue weighted by Gasteiger charge is 2.53. The second-order valence-electron chi connectivity index (χ2n) is 9.97. The van der Waals surface area contributed by atoms with Gasteiger partial charge in [-0.05, 0) is 47.2 Å². The van der Waals surface area contributed by atoms with Gasteiger partial charge in [0.15, 0.2) is 5.69 Å². The summed E-state index contributed by atoms with van der Waals surface area (Å²) < 4.78 is 6.38. The first-order valence-electron chi connectivity index (χ1n) is 11.8. The summed E-state index contributed by atoms with van der Waals surface area (Å²) in [6, 6.07) is 12.7. The van der Waals surface area contributed by atoms with Crippen LogP contribution in [0.4, 0.5) is 11.4 Å². The number of benzene rings is 2. The van der Waals surface area contributed by atoms with Crippen molar-refractivity contribution in [3.63, 3.8) is 0 Å². The fourth-order valence-corrected chi connectivity index (χ4v) is 4.74. The Bertz CT molecular complexity index is 1170. The van der Waals surface area contributed by atoms with Crippen LogP contribution in [0.3, 0.4) is 0 Å². The zero-order chi connectivity index (χ0) is 24.8. The van der Waals surface area contributed by atoms with Gasteiger partial charge in [0.25, 0.3) is 0 Å². The molecular weight excluding hydrogens is 424 g/mol. The Morgan fingerprint density at radius 1 is 0.765 bits per heavy atom. The van der Waals surface area contributed by atoms with E-state index >= 15 is 0 Å². The van der Waals surface area contributed by atoms with Gasteiger partial charge in [-0.3, -0.25) is 4.98 Å². The minimum Gasteiger partial charge on any atom is -0.438 e. The third-order valence-corrected chi connectivity index (χ3v) is 6.58. The van der Waals surface area contributed by atoms with Gasteiger partial charge in [-0.25, -0.2) is 9.78 Å². The van der Waals surface area contributed by atoms with E-state index in [4.69, 9.17) is 9.72 Å². The minimum absolute atomic E-state index is 0.203. The van der Waals surface area contributed by atoms with Gasteiger partial charge in [0.2, 0.25) is 5.60 Å². The maximum absolute atomic E-state index is 13.2. The molecule has 1 aromatic heterocycles. The zero-order valence-electron chi connectivity index (χ0n) is 21.4. The van der Waals surface area contributed by atoms with Crippen molar-refractivity contribution in [2.24, 2.45) is 0 Å². The van der Waals surface area contributed by atoms with Crippen molar-refractivity contribution < 1.29 is 9.53 Å². The van der Waals surface area contributed by atoms with E-state index in [1.807, 2.05) is 28.2 Å². The van der Waals surface area contributed by atoms with E-state index in [9.17, 15) is 4.79 Å². The van der Waals surface area contributed by atoms with Gasteiger partial charge in [0, 0.05) is 63.1 Å². The van der Waals surface area contributed by atoms with Gasteiger partial charge >= 0.3 is 5.97 Å². The van der Waals surface area contributed by atoms with Crippen molar-refractivity contribution in [3.8, 4) is 0 Å². The number of nitrogens with zero attached hydrogens (tertiary/aromatic N) is 4. The van der Waals surface area contributed by atoms with Gasteiger partial charge in [0.1, 0.15) is 5.69 Å². The second-order valence-corrected chi connectivity index (χ2v) is 9.97. The number of cyclic esters (lactones) is 1. The number of fused-ring (bicyclic) bond motifs is 1. The summed E-state index contributed by atoms with van der Waals surface area (Å²) in [4.78, 5) is 26.4. The molecule has 3 aromatic rings. The lowest BCUT2D eigenvalue weighted by Gasteiger charge is -2.35. The molecule has 34 heavy (non-hydrogen) atoms. The Balaban J connectivity index is 2.13. The SMILES string of the molecule is CC(C)c1cc(N(C)C)ccc1C1(c2ccc(N(C)C)cc2C(C)C)OC(=O)c2nccnc21. The van der Waals surface area contributed by atoms with Crippen LogP contribution >= 0.6 is 0 Å². The molecule has 0 spiro atoms. The van der Waals surface area contributed by atoms with E-state index in [1.54, 1.807) is 12.4 Å². The van der Waals surface area contributed by atoms with Crippen molar-refractivity contribution in [1.29, 1.82) is 0 Å². The molecule has 1 aliphatic rings. The third kappa shape index (κ3) is 3.71. The van der Waals surface area contributed by atoms with Crippen molar-refractivity contribution in [2.45, 2.75) is 45.1 Å². The number of ether oxygens (including phenoxy) is 1. The van der Waals surface area contributed by atoms with Crippen molar-refractivity contribution in [2.75, 3.05) is 38.0 Å². The van der Waals surface area contributed by atoms with E-state index < -0.39 is 11.6 Å². The first-order valence-corrected chi connectivity index (χ1v) is 11.8. The quantitative estimate of drug-likeness (QED) is 0.466. The van der Waals surface area contributed by atoms with Gasteiger partial charge in [0.05, 0.1) is 0 Å². The molecule has 2 aromatic carbocycles. The first kappa shape index (κ1) is 23.7. The number of anilines is 2. The molecule has 0 bridgehead atoms. The first-order chi connectivity index (χ1) is 16.1. The molecule has 0 radical (unpaired) electrons. The highest BCUT2D eigenvalue weighted by Crippen LogP contribution is 2.50. The van der Waals surface area contributed by atoms with Crippen LogP contribution in [0.1, 0.15) is 78.0 Å². The van der Waals surface area contributed by atoms with Crippen LogP contribution in [0.15, 0.2) is 48.8 Å². The predicted molar refractivity (Wildman–Crippen MR) is 137 cm³/mol. The van der Waals surface area contributed by atoms with Crippen LogP contribution in [-0.2, 0) is 10.3 Å². The molecule has 0 atom stereocenters. The topological polar surface area (TPSA) is 58.6 Å². The highest BCUT2D eigenvalue weighted by molar-refractivity contribution is 5.94. The van der Waals surface area contributed by atoms with Crippen molar-refractivity contribution >= 4 is 17.3 Å². The number of hydrogen-bond acceptors (Lipinski definition) is 6. The molecule has 6 nitrogen and oxygen atoms in total. The molecule has 0 saturated carbocycles. The molecule has 178 valence electrons. The summed E-state index contributed by atoms with van der Waals surface area (Å²) in [5.74, 6) is -0.0367. The molecule has 0 unspecified atom stereocenters. The van der Waals surface area contributed by atoms with E-state index in [2.05, 4.69) is 78.9 Å². The van der Waals surface area contributed by atoms with Crippen LogP contribution in [0.5, 0.6) is 0 Å². The summed E-state index contributed by atoms with van der Waals surface area (Å²) in [6.07, 6.45) is 3.19. The third-order valence-electron chi connectivity index (χ3n) is 6.58. The fourth-order valence-electron chi connectivity index (χ4n) is 4.74. The summed E-state index contributed by atoms with van der Waals surface area (Å²) in [5, 5.41) is 0. The molecule has 4 rings (SSSR count). The van der Waals surface area contributed by atoms with E-state index in [0.717, 1.165) is 33.6 Å². The normalized spacial score (nSPS) is 14.4. The molecular formula is C28H34N4O2. The lowest BCUT2D eigenvalue weighted by Crippen LogP contribution is -2.33. The van der Waals surface area contributed by atoms with E-state index in [1.165, 1.54) is 0 Å². The number of rotatable bonds is 6. The summed E-state index contributed by atoms with van der Waals surface area (Å²) in [7, 11) is 8.12. The Kier molecular flexibility index (Phi) is 6.11. The Morgan fingerprint density at radius 2 is 1.24 bits per heavy atom. The van der Waals surface area contributed by atoms with Crippen molar-refractivity contribution in [3.05, 3.63) is 82.4 Å². The molecule has 0 fully saturated rings. The van der Waals surface area contributed by atoms with Gasteiger partial charge < -0.3 is 14.5 Å². The Hall–Kier alpha value is -3.41. The van der Waals surface area contributed by atoms with Crippen LogP contribution in [0, 0.1) is 0 Å². The Morgan fingerprint density at radius 3 is 1.68 bits per heavy atom. The number of hydrogen-bond donors (Lipinski definition) is 0. The van der Waals surface area contributed by atoms with E-state index in [0.29, 0.717) is 5.69 Å². The molecule has 1 aliphatic heterocycles. The molecule has 6 heteroatoms. The van der Waals surface area contributed by atoms with Crippen LogP contribution in [0.25, 0.3) is 0 Å². The lowest BCUT2D eigenvalue weighted by molar-refractivity contribution is 0.0234. The highest BCUT2D eigenvalue weighted by atomic mass is 16.6. The fraction of sp³-hybridized carbons (Fsp3) is 0.393. The average Bonchev–Trinajstić information content (AvgIpc) is 3.11. The molecule has 0 N–H and O–H groups in total. The molecule has 0 saturated heterocycles. The maximum Gasteiger partial charge on any atom is 0.360 e. The van der Waals surface area contributed by atoms with Gasteiger partial charge in [-0.15, -0.1) is 0 Å². The molecule has 0 amide bonds. The molecule has 0 aliphatic carbocycles. The number of carbonyl (C=O) groups is 1. The number of carbonyl (C=O) groups excluding carboxylic acids is 1. The smallest absolute Gasteiger partial charge is 0.360 e. The van der Waals surface area contributed by atoms with Crippen LogP contribution in [-0.4, -0.2) is 44.1 Å². The summed E-state index contributed by atoms with van der Waals surface area (Å²) in [6.45, 7) is 8.66. The second kappa shape index (κ2) is 8.75. The van der Waals surface area contributed by atoms with Crippen molar-refractivity contribution in [1.82, 2.24) is 9.97 Å². The number of esters is 1. The maximum atomic E-state index is 13.2. The minimum atomic E-state index is -1.17. The number of aromatic nitrogens is 2. The van der Waals surface area contributed by atoms with Gasteiger partial charge in [-0.2, -0.15) is 0 Å². The van der Waals surface area contributed by atoms with Crippen LogP contribution < -0.4 is 9.80 Å². The average molecular weight is 459 g/mol. The summed E-state index contributed by atoms with van der Waals surface area (Å²) >= 11 is 0. The lowest BCUT2D eigenvalue weighted by atomic mass is 9.75. The van der Waals surface area contributed by atoms with Gasteiger partial charge in [-0.1, -0.05) is 39.8 Å². The van der Waals surface area contributed by atoms with Crippen LogP contribution in [0.2, 0.25) is 0 Å². The standard InChI is InChI=1S/C28H34N4O2/c1-17(2)21-15-19(31(5)6)9-11-23(21)28(26-25(27(33)34-28)29-13-14-30-26)24-12-10-20(32(7)8)16-22(24)18(3)4/h9-18H,1-8H3.